The van der Waals surface area contributed by atoms with Crippen LogP contribution in [0.2, 0.25) is 0 Å². The van der Waals surface area contributed by atoms with E-state index in [0.29, 0.717) is 18.1 Å². The average molecular weight is 372 g/mol. The van der Waals surface area contributed by atoms with Crippen LogP contribution in [0, 0.1) is 5.41 Å². The highest BCUT2D eigenvalue weighted by atomic mass is 32.2. The maximum Gasteiger partial charge on any atom is 0.242 e. The Morgan fingerprint density at radius 2 is 1.88 bits per heavy atom. The van der Waals surface area contributed by atoms with Crippen molar-refractivity contribution < 1.29 is 14.4 Å². The SMILES string of the molecule is CC(C)(C)C(=O)/C=C1/SCC(=O)N1CC(=O)N1CCc2ccccc2C1. The normalized spacial score (nSPS) is 19.0. The highest BCUT2D eigenvalue weighted by Gasteiger charge is 2.32. The molecule has 138 valence electrons. The molecule has 1 aromatic rings. The third-order valence-electron chi connectivity index (χ3n) is 4.68. The minimum atomic E-state index is -0.508. The van der Waals surface area contributed by atoms with E-state index in [1.165, 1.54) is 28.3 Å². The Labute approximate surface area is 158 Å². The average Bonchev–Trinajstić information content (AvgIpc) is 2.93. The monoisotopic (exact) mass is 372 g/mol. The van der Waals surface area contributed by atoms with E-state index < -0.39 is 5.41 Å². The van der Waals surface area contributed by atoms with Crippen LogP contribution in [0.5, 0.6) is 0 Å². The predicted molar refractivity (Wildman–Crippen MR) is 102 cm³/mol. The zero-order chi connectivity index (χ0) is 18.9. The van der Waals surface area contributed by atoms with Gasteiger partial charge in [-0.15, -0.1) is 0 Å². The number of carbonyl (C=O) groups is 3. The Morgan fingerprint density at radius 1 is 1.19 bits per heavy atom. The molecular weight excluding hydrogens is 348 g/mol. The Morgan fingerprint density at radius 3 is 2.58 bits per heavy atom. The topological polar surface area (TPSA) is 57.7 Å². The molecule has 3 rings (SSSR count). The number of hydrogen-bond acceptors (Lipinski definition) is 4. The lowest BCUT2D eigenvalue weighted by Crippen LogP contribution is -2.43. The second-order valence-electron chi connectivity index (χ2n) is 7.70. The van der Waals surface area contributed by atoms with Crippen LogP contribution in [0.25, 0.3) is 0 Å². The number of benzene rings is 1. The molecule has 1 fully saturated rings. The maximum absolute atomic E-state index is 12.7. The summed E-state index contributed by atoms with van der Waals surface area (Å²) < 4.78 is 0. The molecular formula is C20H24N2O3S. The summed E-state index contributed by atoms with van der Waals surface area (Å²) in [6.45, 7) is 6.75. The van der Waals surface area contributed by atoms with E-state index >= 15 is 0 Å². The Balaban J connectivity index is 1.71. The van der Waals surface area contributed by atoms with Gasteiger partial charge in [0.15, 0.2) is 5.78 Å². The molecule has 0 N–H and O–H groups in total. The molecule has 26 heavy (non-hydrogen) atoms. The van der Waals surface area contributed by atoms with Gasteiger partial charge in [0.25, 0.3) is 0 Å². The zero-order valence-electron chi connectivity index (χ0n) is 15.4. The van der Waals surface area contributed by atoms with Gasteiger partial charge in [-0.05, 0) is 17.5 Å². The lowest BCUT2D eigenvalue weighted by molar-refractivity contribution is -0.137. The molecule has 6 heteroatoms. The second kappa shape index (κ2) is 7.27. The number of hydrogen-bond donors (Lipinski definition) is 0. The largest absolute Gasteiger partial charge is 0.336 e. The molecule has 0 atom stereocenters. The third-order valence-corrected chi connectivity index (χ3v) is 5.71. The summed E-state index contributed by atoms with van der Waals surface area (Å²) in [6, 6.07) is 8.13. The second-order valence-corrected chi connectivity index (χ2v) is 8.70. The van der Waals surface area contributed by atoms with Crippen molar-refractivity contribution in [2.45, 2.75) is 33.7 Å². The van der Waals surface area contributed by atoms with Crippen LogP contribution in [-0.4, -0.2) is 46.2 Å². The minimum absolute atomic E-state index is 0.00272. The van der Waals surface area contributed by atoms with Crippen molar-refractivity contribution >= 4 is 29.4 Å². The van der Waals surface area contributed by atoms with Crippen LogP contribution >= 0.6 is 11.8 Å². The van der Waals surface area contributed by atoms with E-state index in [1.807, 2.05) is 39.0 Å². The van der Waals surface area contributed by atoms with Crippen molar-refractivity contribution in [1.82, 2.24) is 9.80 Å². The van der Waals surface area contributed by atoms with Crippen LogP contribution in [0.4, 0.5) is 0 Å². The molecule has 0 aromatic heterocycles. The van der Waals surface area contributed by atoms with Crippen LogP contribution in [0.1, 0.15) is 31.9 Å². The van der Waals surface area contributed by atoms with E-state index in [2.05, 4.69) is 6.07 Å². The Bertz CT molecular complexity index is 780. The first-order chi connectivity index (χ1) is 12.3. The first-order valence-electron chi connectivity index (χ1n) is 8.79. The lowest BCUT2D eigenvalue weighted by atomic mass is 9.91. The van der Waals surface area contributed by atoms with Crippen molar-refractivity contribution in [3.8, 4) is 0 Å². The van der Waals surface area contributed by atoms with Gasteiger partial charge in [0.2, 0.25) is 11.8 Å². The summed E-state index contributed by atoms with van der Waals surface area (Å²) in [6.07, 6.45) is 2.34. The van der Waals surface area contributed by atoms with Gasteiger partial charge in [0, 0.05) is 24.6 Å². The standard InChI is InChI=1S/C20H24N2O3S/c1-20(2,3)16(23)10-19-22(18(25)13-26-19)12-17(24)21-9-8-14-6-4-5-7-15(14)11-21/h4-7,10H,8-9,11-13H2,1-3H3/b19-10+. The summed E-state index contributed by atoms with van der Waals surface area (Å²) in [5, 5.41) is 0.584. The van der Waals surface area contributed by atoms with Crippen molar-refractivity contribution in [2.24, 2.45) is 5.41 Å². The molecule has 5 nitrogen and oxygen atoms in total. The summed E-state index contributed by atoms with van der Waals surface area (Å²) in [7, 11) is 0. The van der Waals surface area contributed by atoms with Gasteiger partial charge in [-0.1, -0.05) is 56.8 Å². The Kier molecular flexibility index (Phi) is 5.23. The van der Waals surface area contributed by atoms with Crippen LogP contribution in [0.15, 0.2) is 35.4 Å². The van der Waals surface area contributed by atoms with Crippen LogP contribution < -0.4 is 0 Å². The fraction of sp³-hybridized carbons (Fsp3) is 0.450. The van der Waals surface area contributed by atoms with E-state index in [1.54, 1.807) is 4.90 Å². The molecule has 2 amide bonds. The molecule has 0 saturated carbocycles. The molecule has 0 spiro atoms. The van der Waals surface area contributed by atoms with Gasteiger partial charge in [0.05, 0.1) is 10.8 Å². The number of allylic oxidation sites excluding steroid dienone is 1. The molecule has 1 aromatic carbocycles. The van der Waals surface area contributed by atoms with E-state index in [-0.39, 0.29) is 29.9 Å². The van der Waals surface area contributed by atoms with Gasteiger partial charge in [-0.2, -0.15) is 0 Å². The van der Waals surface area contributed by atoms with Crippen molar-refractivity contribution in [3.05, 3.63) is 46.5 Å². The van der Waals surface area contributed by atoms with E-state index in [9.17, 15) is 14.4 Å². The van der Waals surface area contributed by atoms with Gasteiger partial charge >= 0.3 is 0 Å². The molecule has 1 saturated heterocycles. The van der Waals surface area contributed by atoms with Gasteiger partial charge in [-0.3, -0.25) is 19.3 Å². The summed E-state index contributed by atoms with van der Waals surface area (Å²) in [5.41, 5.74) is 1.93. The van der Waals surface area contributed by atoms with Crippen molar-refractivity contribution in [2.75, 3.05) is 18.8 Å². The zero-order valence-corrected chi connectivity index (χ0v) is 16.3. The first kappa shape index (κ1) is 18.7. The number of carbonyl (C=O) groups excluding carboxylic acids is 3. The van der Waals surface area contributed by atoms with Gasteiger partial charge < -0.3 is 4.90 Å². The summed E-state index contributed by atoms with van der Waals surface area (Å²) in [4.78, 5) is 40.5. The summed E-state index contributed by atoms with van der Waals surface area (Å²) in [5.74, 6) is 0.0385. The first-order valence-corrected chi connectivity index (χ1v) is 9.78. The molecule has 2 aliphatic rings. The quantitative estimate of drug-likeness (QED) is 0.766. The molecule has 0 radical (unpaired) electrons. The predicted octanol–water partition coefficient (Wildman–Crippen LogP) is 2.60. The number of ketones is 1. The third kappa shape index (κ3) is 4.01. The number of amides is 2. The highest BCUT2D eigenvalue weighted by Crippen LogP contribution is 2.30. The molecule has 2 aliphatic heterocycles. The number of rotatable bonds is 3. The number of fused-ring (bicyclic) bond motifs is 1. The minimum Gasteiger partial charge on any atom is -0.336 e. The molecule has 2 heterocycles. The van der Waals surface area contributed by atoms with E-state index in [0.717, 1.165) is 12.0 Å². The molecule has 0 unspecified atom stereocenters. The van der Waals surface area contributed by atoms with E-state index in [4.69, 9.17) is 0 Å². The lowest BCUT2D eigenvalue weighted by Gasteiger charge is -2.30. The molecule has 0 bridgehead atoms. The highest BCUT2D eigenvalue weighted by molar-refractivity contribution is 8.04. The fourth-order valence-corrected chi connectivity index (χ4v) is 3.91. The fourth-order valence-electron chi connectivity index (χ4n) is 2.97. The smallest absolute Gasteiger partial charge is 0.242 e. The van der Waals surface area contributed by atoms with Crippen LogP contribution in [-0.2, 0) is 27.3 Å². The summed E-state index contributed by atoms with van der Waals surface area (Å²) >= 11 is 1.33. The van der Waals surface area contributed by atoms with Crippen LogP contribution in [0.3, 0.4) is 0 Å². The van der Waals surface area contributed by atoms with Gasteiger partial charge in [0.1, 0.15) is 6.54 Å². The number of thioether (sulfide) groups is 1. The Hall–Kier alpha value is -2.08. The van der Waals surface area contributed by atoms with Crippen molar-refractivity contribution in [1.29, 1.82) is 0 Å². The molecule has 0 aliphatic carbocycles. The van der Waals surface area contributed by atoms with Crippen molar-refractivity contribution in [3.63, 3.8) is 0 Å². The van der Waals surface area contributed by atoms with Gasteiger partial charge in [-0.25, -0.2) is 0 Å². The maximum atomic E-state index is 12.7. The number of nitrogens with zero attached hydrogens (tertiary/aromatic N) is 2.